The Hall–Kier alpha value is -2.96. The number of halogens is 1. The highest BCUT2D eigenvalue weighted by Gasteiger charge is 2.21. The minimum atomic E-state index is -1.42. The number of nitro groups is 1. The van der Waals surface area contributed by atoms with Crippen LogP contribution in [0, 0.1) is 15.9 Å². The first-order valence-electron chi connectivity index (χ1n) is 5.41. The number of phenols is 1. The van der Waals surface area contributed by atoms with Crippen LogP contribution in [0.2, 0.25) is 0 Å². The van der Waals surface area contributed by atoms with E-state index in [1.165, 1.54) is 12.1 Å². The van der Waals surface area contributed by atoms with Gasteiger partial charge in [0.15, 0.2) is 0 Å². The number of carboxylic acid groups (broad SMARTS) is 1. The van der Waals surface area contributed by atoms with E-state index in [9.17, 15) is 24.4 Å². The number of phenolic OH excluding ortho intramolecular Hbond substituents is 1. The van der Waals surface area contributed by atoms with E-state index in [1.54, 1.807) is 0 Å². The molecule has 0 saturated heterocycles. The van der Waals surface area contributed by atoms with E-state index in [2.05, 4.69) is 0 Å². The van der Waals surface area contributed by atoms with E-state index in [0.29, 0.717) is 0 Å². The van der Waals surface area contributed by atoms with E-state index in [0.717, 1.165) is 24.3 Å². The van der Waals surface area contributed by atoms with Crippen molar-refractivity contribution in [2.75, 3.05) is 0 Å². The summed E-state index contributed by atoms with van der Waals surface area (Å²) >= 11 is 0. The van der Waals surface area contributed by atoms with Crippen molar-refractivity contribution in [3.8, 4) is 16.9 Å². The molecule has 0 radical (unpaired) electrons. The minimum Gasteiger partial charge on any atom is -0.507 e. The SMILES string of the molecule is O=C(O)c1ccc(-c2ccc(F)cc2O)cc1[N+](=O)[O-]. The van der Waals surface area contributed by atoms with Gasteiger partial charge in [-0.3, -0.25) is 10.1 Å². The van der Waals surface area contributed by atoms with Crippen molar-refractivity contribution >= 4 is 11.7 Å². The average molecular weight is 277 g/mol. The van der Waals surface area contributed by atoms with E-state index in [-0.39, 0.29) is 16.9 Å². The van der Waals surface area contributed by atoms with Crippen LogP contribution in [-0.2, 0) is 0 Å². The second kappa shape index (κ2) is 4.96. The molecule has 0 amide bonds. The quantitative estimate of drug-likeness (QED) is 0.663. The normalized spacial score (nSPS) is 10.2. The van der Waals surface area contributed by atoms with E-state index < -0.39 is 28.0 Å². The van der Waals surface area contributed by atoms with Crippen LogP contribution < -0.4 is 0 Å². The molecule has 0 aliphatic heterocycles. The summed E-state index contributed by atoms with van der Waals surface area (Å²) in [5.74, 6) is -2.46. The Morgan fingerprint density at radius 1 is 1.20 bits per heavy atom. The fraction of sp³-hybridized carbons (Fsp3) is 0. The van der Waals surface area contributed by atoms with Gasteiger partial charge in [0, 0.05) is 17.7 Å². The first-order chi connectivity index (χ1) is 9.40. The third kappa shape index (κ3) is 2.41. The first kappa shape index (κ1) is 13.5. The van der Waals surface area contributed by atoms with Crippen LogP contribution in [-0.4, -0.2) is 21.1 Å². The van der Waals surface area contributed by atoms with Crippen molar-refractivity contribution in [2.24, 2.45) is 0 Å². The molecule has 0 saturated carbocycles. The number of hydrogen-bond donors (Lipinski definition) is 2. The van der Waals surface area contributed by atoms with Gasteiger partial charge < -0.3 is 10.2 Å². The van der Waals surface area contributed by atoms with Crippen LogP contribution in [0.4, 0.5) is 10.1 Å². The van der Waals surface area contributed by atoms with Gasteiger partial charge in [-0.05, 0) is 23.8 Å². The summed E-state index contributed by atoms with van der Waals surface area (Å²) in [5, 5.41) is 29.4. The molecule has 0 aliphatic carbocycles. The van der Waals surface area contributed by atoms with Crippen LogP contribution in [0.5, 0.6) is 5.75 Å². The Bertz CT molecular complexity index is 714. The molecular formula is C13H8FNO5. The zero-order chi connectivity index (χ0) is 14.9. The highest BCUT2D eigenvalue weighted by molar-refractivity contribution is 5.93. The molecule has 0 heterocycles. The lowest BCUT2D eigenvalue weighted by atomic mass is 10.0. The maximum Gasteiger partial charge on any atom is 0.342 e. The third-order valence-electron chi connectivity index (χ3n) is 2.70. The maximum absolute atomic E-state index is 12.9. The lowest BCUT2D eigenvalue weighted by Gasteiger charge is -2.06. The number of rotatable bonds is 3. The summed E-state index contributed by atoms with van der Waals surface area (Å²) in [7, 11) is 0. The van der Waals surface area contributed by atoms with Crippen LogP contribution in [0.25, 0.3) is 11.1 Å². The molecule has 7 heteroatoms. The number of carbonyl (C=O) groups is 1. The summed E-state index contributed by atoms with van der Waals surface area (Å²) in [6.45, 7) is 0. The molecule has 0 aliphatic rings. The van der Waals surface area contributed by atoms with Gasteiger partial charge >= 0.3 is 5.97 Å². The maximum atomic E-state index is 12.9. The van der Waals surface area contributed by atoms with Gasteiger partial charge in [0.25, 0.3) is 5.69 Å². The largest absolute Gasteiger partial charge is 0.507 e. The highest BCUT2D eigenvalue weighted by atomic mass is 19.1. The van der Waals surface area contributed by atoms with Gasteiger partial charge in [0.05, 0.1) is 4.92 Å². The van der Waals surface area contributed by atoms with Crippen LogP contribution in [0.3, 0.4) is 0 Å². The molecule has 20 heavy (non-hydrogen) atoms. The fourth-order valence-corrected chi connectivity index (χ4v) is 1.78. The Morgan fingerprint density at radius 2 is 1.90 bits per heavy atom. The standard InChI is InChI=1S/C13H8FNO5/c14-8-2-4-9(12(16)6-8)7-1-3-10(13(17)18)11(5-7)15(19)20/h1-6,16H,(H,17,18). The predicted octanol–water partition coefficient (Wildman–Crippen LogP) is 2.80. The van der Waals surface area contributed by atoms with Gasteiger partial charge in [0.1, 0.15) is 17.1 Å². The summed E-state index contributed by atoms with van der Waals surface area (Å²) < 4.78 is 12.9. The number of benzene rings is 2. The second-order valence-corrected chi connectivity index (χ2v) is 3.96. The molecular weight excluding hydrogens is 269 g/mol. The minimum absolute atomic E-state index is 0.173. The van der Waals surface area contributed by atoms with E-state index in [4.69, 9.17) is 5.11 Å². The van der Waals surface area contributed by atoms with Gasteiger partial charge in [-0.1, -0.05) is 6.07 Å². The molecule has 102 valence electrons. The third-order valence-corrected chi connectivity index (χ3v) is 2.70. The highest BCUT2D eigenvalue weighted by Crippen LogP contribution is 2.33. The van der Waals surface area contributed by atoms with Crippen molar-refractivity contribution in [2.45, 2.75) is 0 Å². The topological polar surface area (TPSA) is 101 Å². The van der Waals surface area contributed by atoms with Crippen LogP contribution >= 0.6 is 0 Å². The van der Waals surface area contributed by atoms with Crippen molar-refractivity contribution in [3.63, 3.8) is 0 Å². The smallest absolute Gasteiger partial charge is 0.342 e. The molecule has 0 bridgehead atoms. The summed E-state index contributed by atoms with van der Waals surface area (Å²) in [6, 6.07) is 6.61. The molecule has 0 unspecified atom stereocenters. The Labute approximate surface area is 111 Å². The first-order valence-corrected chi connectivity index (χ1v) is 5.41. The summed E-state index contributed by atoms with van der Waals surface area (Å²) in [5.41, 5.74) is -0.662. The van der Waals surface area contributed by atoms with E-state index >= 15 is 0 Å². The fourth-order valence-electron chi connectivity index (χ4n) is 1.78. The number of nitrogens with zero attached hydrogens (tertiary/aromatic N) is 1. The van der Waals surface area contributed by atoms with Crippen molar-refractivity contribution in [1.29, 1.82) is 0 Å². The van der Waals surface area contributed by atoms with Crippen molar-refractivity contribution < 1.29 is 24.3 Å². The van der Waals surface area contributed by atoms with Gasteiger partial charge in [-0.2, -0.15) is 0 Å². The molecule has 2 rings (SSSR count). The van der Waals surface area contributed by atoms with Crippen molar-refractivity contribution in [1.82, 2.24) is 0 Å². The molecule has 0 aromatic heterocycles. The molecule has 6 nitrogen and oxygen atoms in total. The number of hydrogen-bond acceptors (Lipinski definition) is 4. The lowest BCUT2D eigenvalue weighted by Crippen LogP contribution is -2.02. The monoisotopic (exact) mass is 277 g/mol. The number of aromatic carboxylic acids is 1. The lowest BCUT2D eigenvalue weighted by molar-refractivity contribution is -0.385. The summed E-state index contributed by atoms with van der Waals surface area (Å²) in [4.78, 5) is 20.9. The molecule has 2 aromatic carbocycles. The predicted molar refractivity (Wildman–Crippen MR) is 67.1 cm³/mol. The van der Waals surface area contributed by atoms with Crippen molar-refractivity contribution in [3.05, 3.63) is 57.9 Å². The van der Waals surface area contributed by atoms with Gasteiger partial charge in [0.2, 0.25) is 0 Å². The molecule has 2 N–H and O–H groups in total. The Kier molecular flexibility index (Phi) is 3.34. The number of carboxylic acids is 1. The van der Waals surface area contributed by atoms with Crippen LogP contribution in [0.1, 0.15) is 10.4 Å². The average Bonchev–Trinajstić information content (AvgIpc) is 2.37. The summed E-state index contributed by atoms with van der Waals surface area (Å²) in [6.07, 6.45) is 0. The number of aromatic hydroxyl groups is 1. The molecule has 2 aromatic rings. The molecule has 0 fully saturated rings. The van der Waals surface area contributed by atoms with Crippen LogP contribution in [0.15, 0.2) is 36.4 Å². The zero-order valence-electron chi connectivity index (χ0n) is 9.91. The Balaban J connectivity index is 2.62. The molecule has 0 spiro atoms. The molecule has 0 atom stereocenters. The van der Waals surface area contributed by atoms with Gasteiger partial charge in [-0.25, -0.2) is 9.18 Å². The second-order valence-electron chi connectivity index (χ2n) is 3.96. The zero-order valence-corrected chi connectivity index (χ0v) is 9.91. The number of nitro benzene ring substituents is 1. The van der Waals surface area contributed by atoms with E-state index in [1.807, 2.05) is 0 Å². The Morgan fingerprint density at radius 3 is 2.45 bits per heavy atom. The van der Waals surface area contributed by atoms with Gasteiger partial charge in [-0.15, -0.1) is 0 Å².